The Morgan fingerprint density at radius 2 is 2.19 bits per heavy atom. The van der Waals surface area contributed by atoms with Crippen LogP contribution in [0.15, 0.2) is 12.3 Å². The molecule has 0 atom stereocenters. The molecule has 0 spiro atoms. The van der Waals surface area contributed by atoms with Crippen molar-refractivity contribution in [2.45, 2.75) is 12.8 Å². The molecule has 1 aliphatic rings. The summed E-state index contributed by atoms with van der Waals surface area (Å²) in [4.78, 5) is 17.0. The van der Waals surface area contributed by atoms with Gasteiger partial charge in [-0.2, -0.15) is 0 Å². The molecule has 0 N–H and O–H groups in total. The van der Waals surface area contributed by atoms with Crippen LogP contribution in [-0.2, 0) is 4.74 Å². The molecule has 1 aromatic heterocycles. The van der Waals surface area contributed by atoms with Crippen molar-refractivity contribution >= 4 is 11.8 Å². The van der Waals surface area contributed by atoms with Crippen molar-refractivity contribution in [3.63, 3.8) is 0 Å². The van der Waals surface area contributed by atoms with Gasteiger partial charge in [0.25, 0.3) is 0 Å². The van der Waals surface area contributed by atoms with Gasteiger partial charge in [-0.25, -0.2) is 14.2 Å². The topological polar surface area (TPSA) is 42.4 Å². The predicted octanol–water partition coefficient (Wildman–Crippen LogP) is 1.61. The Bertz CT molecular complexity index is 403. The summed E-state index contributed by atoms with van der Waals surface area (Å²) in [6.07, 6.45) is 3.46. The molecule has 0 unspecified atom stereocenters. The number of esters is 1. The second-order valence-corrected chi connectivity index (χ2v) is 3.72. The number of anilines is 1. The Labute approximate surface area is 93.0 Å². The zero-order valence-corrected chi connectivity index (χ0v) is 9.07. The van der Waals surface area contributed by atoms with E-state index in [9.17, 15) is 9.18 Å². The van der Waals surface area contributed by atoms with E-state index in [4.69, 9.17) is 0 Å². The minimum absolute atomic E-state index is 0.142. The molecule has 0 bridgehead atoms. The highest BCUT2D eigenvalue weighted by molar-refractivity contribution is 5.89. The van der Waals surface area contributed by atoms with E-state index in [1.54, 1.807) is 0 Å². The summed E-state index contributed by atoms with van der Waals surface area (Å²) >= 11 is 0. The first-order chi connectivity index (χ1) is 7.72. The van der Waals surface area contributed by atoms with Crippen LogP contribution in [0.4, 0.5) is 10.2 Å². The Hall–Kier alpha value is -1.65. The van der Waals surface area contributed by atoms with Gasteiger partial charge in [0, 0.05) is 19.3 Å². The van der Waals surface area contributed by atoms with E-state index in [0.29, 0.717) is 5.82 Å². The fourth-order valence-corrected chi connectivity index (χ4v) is 1.82. The highest BCUT2D eigenvalue weighted by Gasteiger charge is 2.19. The lowest BCUT2D eigenvalue weighted by molar-refractivity contribution is 0.0599. The average molecular weight is 224 g/mol. The number of carbonyl (C=O) groups excluding carboxylic acids is 1. The van der Waals surface area contributed by atoms with Gasteiger partial charge in [0.1, 0.15) is 0 Å². The van der Waals surface area contributed by atoms with Crippen LogP contribution in [-0.4, -0.2) is 31.2 Å². The summed E-state index contributed by atoms with van der Waals surface area (Å²) < 4.78 is 18.2. The van der Waals surface area contributed by atoms with Crippen molar-refractivity contribution in [1.82, 2.24) is 4.98 Å². The highest BCUT2D eigenvalue weighted by atomic mass is 19.1. The van der Waals surface area contributed by atoms with Crippen molar-refractivity contribution < 1.29 is 13.9 Å². The molecule has 16 heavy (non-hydrogen) atoms. The van der Waals surface area contributed by atoms with E-state index in [2.05, 4.69) is 9.72 Å². The van der Waals surface area contributed by atoms with E-state index in [0.717, 1.165) is 25.9 Å². The third-order valence-corrected chi connectivity index (χ3v) is 2.65. The van der Waals surface area contributed by atoms with Gasteiger partial charge in [0.05, 0.1) is 12.7 Å². The lowest BCUT2D eigenvalue weighted by atomic mass is 10.2. The Morgan fingerprint density at radius 3 is 2.75 bits per heavy atom. The molecule has 86 valence electrons. The fourth-order valence-electron chi connectivity index (χ4n) is 1.82. The summed E-state index contributed by atoms with van der Waals surface area (Å²) in [5.74, 6) is -0.714. The molecule has 1 aliphatic heterocycles. The van der Waals surface area contributed by atoms with E-state index in [1.807, 2.05) is 4.90 Å². The van der Waals surface area contributed by atoms with E-state index in [-0.39, 0.29) is 5.56 Å². The minimum Gasteiger partial charge on any atom is -0.465 e. The number of rotatable bonds is 2. The zero-order chi connectivity index (χ0) is 11.5. The maximum atomic E-state index is 13.7. The Balaban J connectivity index is 2.25. The van der Waals surface area contributed by atoms with Gasteiger partial charge in [-0.05, 0) is 18.9 Å². The Morgan fingerprint density at radius 1 is 1.50 bits per heavy atom. The summed E-state index contributed by atoms with van der Waals surface area (Å²) in [7, 11) is 1.26. The molecular formula is C11H13FN2O2. The van der Waals surface area contributed by atoms with Crippen LogP contribution in [0, 0.1) is 5.82 Å². The number of nitrogens with zero attached hydrogens (tertiary/aromatic N) is 2. The normalized spacial score (nSPS) is 15.2. The zero-order valence-electron chi connectivity index (χ0n) is 9.07. The fraction of sp³-hybridized carbons (Fsp3) is 0.455. The molecule has 4 nitrogen and oxygen atoms in total. The lowest BCUT2D eigenvalue weighted by Gasteiger charge is -2.16. The minimum atomic E-state index is -0.570. The molecule has 1 fully saturated rings. The molecule has 1 saturated heterocycles. The van der Waals surface area contributed by atoms with Crippen molar-refractivity contribution in [2.75, 3.05) is 25.1 Å². The van der Waals surface area contributed by atoms with Gasteiger partial charge in [-0.1, -0.05) is 0 Å². The first kappa shape index (κ1) is 10.9. The van der Waals surface area contributed by atoms with Crippen molar-refractivity contribution in [2.24, 2.45) is 0 Å². The number of aromatic nitrogens is 1. The molecule has 0 saturated carbocycles. The smallest absolute Gasteiger partial charge is 0.339 e. The number of carbonyl (C=O) groups is 1. The summed E-state index contributed by atoms with van der Waals surface area (Å²) in [6.45, 7) is 1.64. The third-order valence-electron chi connectivity index (χ3n) is 2.65. The Kier molecular flexibility index (Phi) is 3.03. The van der Waals surface area contributed by atoms with Crippen LogP contribution in [0.1, 0.15) is 23.2 Å². The number of methoxy groups -OCH3 is 1. The first-order valence-electron chi connectivity index (χ1n) is 5.21. The van der Waals surface area contributed by atoms with E-state index in [1.165, 1.54) is 19.4 Å². The van der Waals surface area contributed by atoms with Crippen LogP contribution in [0.2, 0.25) is 0 Å². The standard InChI is InChI=1S/C11H13FN2O2/c1-16-11(15)8-6-9(12)10(13-7-8)14-4-2-3-5-14/h6-7H,2-5H2,1H3. The number of pyridine rings is 1. The molecule has 0 radical (unpaired) electrons. The number of hydrogen-bond acceptors (Lipinski definition) is 4. The summed E-state index contributed by atoms with van der Waals surface area (Å²) in [5.41, 5.74) is 0.142. The SMILES string of the molecule is COC(=O)c1cnc(N2CCCC2)c(F)c1. The van der Waals surface area contributed by atoms with Crippen LogP contribution in [0.25, 0.3) is 0 Å². The second kappa shape index (κ2) is 4.47. The quantitative estimate of drug-likeness (QED) is 0.716. The second-order valence-electron chi connectivity index (χ2n) is 3.72. The summed E-state index contributed by atoms with van der Waals surface area (Å²) in [6, 6.07) is 1.17. The number of hydrogen-bond donors (Lipinski definition) is 0. The monoisotopic (exact) mass is 224 g/mol. The van der Waals surface area contributed by atoms with Gasteiger partial charge < -0.3 is 9.64 Å². The third kappa shape index (κ3) is 1.98. The molecule has 0 aromatic carbocycles. The molecule has 0 aliphatic carbocycles. The average Bonchev–Trinajstić information content (AvgIpc) is 2.81. The largest absolute Gasteiger partial charge is 0.465 e. The van der Waals surface area contributed by atoms with Gasteiger partial charge in [0.2, 0.25) is 0 Å². The first-order valence-corrected chi connectivity index (χ1v) is 5.21. The molecule has 0 amide bonds. The summed E-state index contributed by atoms with van der Waals surface area (Å²) in [5, 5.41) is 0. The number of ether oxygens (including phenoxy) is 1. The van der Waals surface area contributed by atoms with Crippen molar-refractivity contribution in [3.8, 4) is 0 Å². The van der Waals surface area contributed by atoms with E-state index < -0.39 is 11.8 Å². The molecule has 2 rings (SSSR count). The van der Waals surface area contributed by atoms with Crippen molar-refractivity contribution in [3.05, 3.63) is 23.6 Å². The molecule has 5 heteroatoms. The van der Waals surface area contributed by atoms with Crippen molar-refractivity contribution in [1.29, 1.82) is 0 Å². The van der Waals surface area contributed by atoms with Gasteiger partial charge in [0.15, 0.2) is 11.6 Å². The maximum absolute atomic E-state index is 13.7. The number of halogens is 1. The van der Waals surface area contributed by atoms with Crippen LogP contribution in [0.3, 0.4) is 0 Å². The van der Waals surface area contributed by atoms with Gasteiger partial charge >= 0.3 is 5.97 Å². The molecule has 2 heterocycles. The van der Waals surface area contributed by atoms with Gasteiger partial charge in [-0.3, -0.25) is 0 Å². The van der Waals surface area contributed by atoms with E-state index >= 15 is 0 Å². The highest BCUT2D eigenvalue weighted by Crippen LogP contribution is 2.21. The molecule has 1 aromatic rings. The molecular weight excluding hydrogens is 211 g/mol. The van der Waals surface area contributed by atoms with Gasteiger partial charge in [-0.15, -0.1) is 0 Å². The lowest BCUT2D eigenvalue weighted by Crippen LogP contribution is -2.20. The predicted molar refractivity (Wildman–Crippen MR) is 57.0 cm³/mol. The van der Waals surface area contributed by atoms with Crippen LogP contribution in [0.5, 0.6) is 0 Å². The van der Waals surface area contributed by atoms with Crippen LogP contribution >= 0.6 is 0 Å². The maximum Gasteiger partial charge on any atom is 0.339 e. The van der Waals surface area contributed by atoms with Crippen LogP contribution < -0.4 is 4.90 Å².